The molecule has 1 atom stereocenters. The Hall–Kier alpha value is -2.24. The van der Waals surface area contributed by atoms with Crippen LogP contribution >= 0.6 is 0 Å². The first-order valence-corrected chi connectivity index (χ1v) is 6.60. The third-order valence-electron chi connectivity index (χ3n) is 3.26. The van der Waals surface area contributed by atoms with E-state index in [9.17, 15) is 9.59 Å². The van der Waals surface area contributed by atoms with Crippen molar-refractivity contribution in [2.45, 2.75) is 19.4 Å². The Morgan fingerprint density at radius 3 is 2.90 bits per heavy atom. The van der Waals surface area contributed by atoms with Crippen LogP contribution in [0, 0.1) is 0 Å². The number of urea groups is 1. The molecule has 0 saturated carbocycles. The van der Waals surface area contributed by atoms with Crippen molar-refractivity contribution in [1.29, 1.82) is 0 Å². The van der Waals surface area contributed by atoms with Crippen LogP contribution in [-0.2, 0) is 4.79 Å². The molecule has 6 heteroatoms. The molecule has 0 saturated heterocycles. The van der Waals surface area contributed by atoms with Gasteiger partial charge in [0.05, 0.1) is 12.5 Å². The van der Waals surface area contributed by atoms with Crippen molar-refractivity contribution in [3.05, 3.63) is 29.8 Å². The van der Waals surface area contributed by atoms with Crippen LogP contribution in [0.25, 0.3) is 0 Å². The van der Waals surface area contributed by atoms with Crippen LogP contribution in [0.5, 0.6) is 5.75 Å². The van der Waals surface area contributed by atoms with Gasteiger partial charge in [0.2, 0.25) is 0 Å². The van der Waals surface area contributed by atoms with E-state index >= 15 is 0 Å². The van der Waals surface area contributed by atoms with Crippen LogP contribution in [-0.4, -0.2) is 41.7 Å². The van der Waals surface area contributed by atoms with Crippen molar-refractivity contribution in [3.8, 4) is 5.75 Å². The third-order valence-corrected chi connectivity index (χ3v) is 3.26. The maximum atomic E-state index is 12.1. The first-order valence-electron chi connectivity index (χ1n) is 6.60. The fourth-order valence-electron chi connectivity index (χ4n) is 2.16. The highest BCUT2D eigenvalue weighted by atomic mass is 16.5. The van der Waals surface area contributed by atoms with Gasteiger partial charge >= 0.3 is 12.0 Å². The molecule has 2 N–H and O–H groups in total. The van der Waals surface area contributed by atoms with Crippen LogP contribution in [0.1, 0.15) is 24.9 Å². The first-order chi connectivity index (χ1) is 9.61. The molecule has 1 unspecified atom stereocenters. The number of nitrogens with one attached hydrogen (secondary N) is 1. The van der Waals surface area contributed by atoms with E-state index in [1.807, 2.05) is 31.2 Å². The predicted octanol–water partition coefficient (Wildman–Crippen LogP) is 1.63. The van der Waals surface area contributed by atoms with E-state index < -0.39 is 5.97 Å². The number of amides is 2. The van der Waals surface area contributed by atoms with E-state index in [4.69, 9.17) is 9.84 Å². The Morgan fingerprint density at radius 2 is 2.20 bits per heavy atom. The maximum Gasteiger partial charge on any atom is 0.318 e. The van der Waals surface area contributed by atoms with Gasteiger partial charge in [-0.2, -0.15) is 0 Å². The molecular weight excluding hydrogens is 260 g/mol. The molecule has 2 rings (SSSR count). The molecule has 0 fully saturated rings. The number of carboxylic acid groups (broad SMARTS) is 1. The van der Waals surface area contributed by atoms with Gasteiger partial charge in [-0.1, -0.05) is 18.2 Å². The van der Waals surface area contributed by atoms with Crippen molar-refractivity contribution < 1.29 is 19.4 Å². The smallest absolute Gasteiger partial charge is 0.318 e. The number of carbonyl (C=O) groups excluding carboxylic acids is 1. The summed E-state index contributed by atoms with van der Waals surface area (Å²) in [5.74, 6) is -0.128. The van der Waals surface area contributed by atoms with Gasteiger partial charge < -0.3 is 20.1 Å². The van der Waals surface area contributed by atoms with Crippen LogP contribution < -0.4 is 10.1 Å². The van der Waals surface area contributed by atoms with E-state index in [1.54, 1.807) is 0 Å². The minimum atomic E-state index is -0.911. The van der Waals surface area contributed by atoms with Crippen LogP contribution in [0.3, 0.4) is 0 Å². The Kier molecular flexibility index (Phi) is 4.45. The molecular formula is C14H18N2O4. The highest BCUT2D eigenvalue weighted by Gasteiger charge is 2.26. The van der Waals surface area contributed by atoms with E-state index in [1.165, 1.54) is 4.90 Å². The highest BCUT2D eigenvalue weighted by molar-refractivity contribution is 5.76. The largest absolute Gasteiger partial charge is 0.491 e. The Labute approximate surface area is 117 Å². The second-order valence-electron chi connectivity index (χ2n) is 4.57. The number of para-hydroxylation sites is 1. The minimum Gasteiger partial charge on any atom is -0.491 e. The SMILES string of the molecule is CCN(CCC(=O)O)C(=O)NC1COc2ccccc21. The standard InChI is InChI=1S/C14H18N2O4/c1-2-16(8-7-13(17)18)14(19)15-11-9-20-12-6-4-3-5-10(11)12/h3-6,11H,2,7-9H2,1H3,(H,15,19)(H,17,18). The quantitative estimate of drug-likeness (QED) is 0.858. The average Bonchev–Trinajstić information content (AvgIpc) is 2.83. The van der Waals surface area contributed by atoms with E-state index in [2.05, 4.69) is 5.32 Å². The summed E-state index contributed by atoms with van der Waals surface area (Å²) >= 11 is 0. The van der Waals surface area contributed by atoms with Crippen molar-refractivity contribution in [2.24, 2.45) is 0 Å². The second-order valence-corrected chi connectivity index (χ2v) is 4.57. The first kappa shape index (κ1) is 14.2. The number of carboxylic acids is 1. The van der Waals surface area contributed by atoms with Gasteiger partial charge in [-0.3, -0.25) is 4.79 Å². The molecule has 0 spiro atoms. The Balaban J connectivity index is 1.96. The molecule has 0 aliphatic carbocycles. The number of nitrogens with zero attached hydrogens (tertiary/aromatic N) is 1. The number of benzene rings is 1. The lowest BCUT2D eigenvalue weighted by Crippen LogP contribution is -2.42. The lowest BCUT2D eigenvalue weighted by atomic mass is 10.1. The molecule has 1 aromatic carbocycles. The van der Waals surface area contributed by atoms with Crippen molar-refractivity contribution in [3.63, 3.8) is 0 Å². The molecule has 2 amide bonds. The number of ether oxygens (including phenoxy) is 1. The lowest BCUT2D eigenvalue weighted by molar-refractivity contribution is -0.137. The number of rotatable bonds is 5. The number of carbonyl (C=O) groups is 2. The summed E-state index contributed by atoms with van der Waals surface area (Å²) < 4.78 is 5.50. The van der Waals surface area contributed by atoms with Crippen LogP contribution in [0.4, 0.5) is 4.79 Å². The Morgan fingerprint density at radius 1 is 1.45 bits per heavy atom. The lowest BCUT2D eigenvalue weighted by Gasteiger charge is -2.22. The normalized spacial score (nSPS) is 16.1. The van der Waals surface area contributed by atoms with Gasteiger partial charge in [0.25, 0.3) is 0 Å². The molecule has 1 aromatic rings. The van der Waals surface area contributed by atoms with Crippen molar-refractivity contribution >= 4 is 12.0 Å². The van der Waals surface area contributed by atoms with E-state index in [0.717, 1.165) is 11.3 Å². The molecule has 1 aliphatic heterocycles. The zero-order valence-corrected chi connectivity index (χ0v) is 11.3. The minimum absolute atomic E-state index is 0.0565. The monoisotopic (exact) mass is 278 g/mol. The molecule has 0 aromatic heterocycles. The number of aliphatic carboxylic acids is 1. The summed E-state index contributed by atoms with van der Waals surface area (Å²) in [6, 6.07) is 7.12. The van der Waals surface area contributed by atoms with Gasteiger partial charge in [-0.15, -0.1) is 0 Å². The summed E-state index contributed by atoms with van der Waals surface area (Å²) in [6.45, 7) is 2.89. The zero-order valence-electron chi connectivity index (χ0n) is 11.3. The third kappa shape index (κ3) is 3.20. The fraction of sp³-hybridized carbons (Fsp3) is 0.429. The van der Waals surface area contributed by atoms with Gasteiger partial charge in [0, 0.05) is 18.7 Å². The number of fused-ring (bicyclic) bond motifs is 1. The average molecular weight is 278 g/mol. The summed E-state index contributed by atoms with van der Waals surface area (Å²) in [4.78, 5) is 24.2. The second kappa shape index (κ2) is 6.27. The molecule has 1 aliphatic rings. The van der Waals surface area contributed by atoms with Crippen molar-refractivity contribution in [1.82, 2.24) is 10.2 Å². The maximum absolute atomic E-state index is 12.1. The van der Waals surface area contributed by atoms with Gasteiger partial charge in [0.1, 0.15) is 12.4 Å². The number of hydrogen-bond acceptors (Lipinski definition) is 3. The number of hydrogen-bond donors (Lipinski definition) is 2. The highest BCUT2D eigenvalue weighted by Crippen LogP contribution is 2.31. The fourth-order valence-corrected chi connectivity index (χ4v) is 2.16. The summed E-state index contributed by atoms with van der Waals surface area (Å²) in [6.07, 6.45) is -0.0565. The van der Waals surface area contributed by atoms with Crippen LogP contribution in [0.2, 0.25) is 0 Å². The molecule has 0 radical (unpaired) electrons. The van der Waals surface area contributed by atoms with Gasteiger partial charge in [0.15, 0.2) is 0 Å². The van der Waals surface area contributed by atoms with Crippen LogP contribution in [0.15, 0.2) is 24.3 Å². The summed E-state index contributed by atoms with van der Waals surface area (Å²) in [7, 11) is 0. The summed E-state index contributed by atoms with van der Waals surface area (Å²) in [5, 5.41) is 11.6. The topological polar surface area (TPSA) is 78.9 Å². The molecule has 0 bridgehead atoms. The molecule has 6 nitrogen and oxygen atoms in total. The van der Waals surface area contributed by atoms with Crippen molar-refractivity contribution in [2.75, 3.05) is 19.7 Å². The molecule has 1 heterocycles. The molecule has 20 heavy (non-hydrogen) atoms. The molecule has 108 valence electrons. The van der Waals surface area contributed by atoms with Gasteiger partial charge in [-0.05, 0) is 13.0 Å². The van der Waals surface area contributed by atoms with Gasteiger partial charge in [-0.25, -0.2) is 4.79 Å². The zero-order chi connectivity index (χ0) is 14.5. The Bertz CT molecular complexity index is 504. The summed E-state index contributed by atoms with van der Waals surface area (Å²) in [5.41, 5.74) is 0.954. The predicted molar refractivity (Wildman–Crippen MR) is 72.7 cm³/mol. The van der Waals surface area contributed by atoms with E-state index in [-0.39, 0.29) is 25.0 Å². The van der Waals surface area contributed by atoms with E-state index in [0.29, 0.717) is 13.2 Å².